The Morgan fingerprint density at radius 1 is 1.12 bits per heavy atom. The van der Waals surface area contributed by atoms with Gasteiger partial charge in [-0.2, -0.15) is 0 Å². The van der Waals surface area contributed by atoms with Crippen LogP contribution in [0.15, 0.2) is 53.9 Å². The molecule has 1 aromatic heterocycles. The largest absolute Gasteiger partial charge is 0.326 e. The number of benzene rings is 2. The van der Waals surface area contributed by atoms with E-state index in [1.165, 1.54) is 16.9 Å². The monoisotopic (exact) mass is 356 g/mol. The third-order valence-corrected chi connectivity index (χ3v) is 4.75. The van der Waals surface area contributed by atoms with E-state index in [0.717, 1.165) is 28.4 Å². The standard InChI is InChI=1S/C19H17ClN2OS/c1-2-13-3-9-16(10-4-13)21-18(23)11-19-22-17(12-24-19)14-5-7-15(20)8-6-14/h3-10,12H,2,11H2,1H3,(H,21,23). The number of thiazole rings is 1. The predicted octanol–water partition coefficient (Wildman–Crippen LogP) is 5.21. The first kappa shape index (κ1) is 16.7. The van der Waals surface area contributed by atoms with Gasteiger partial charge in [-0.25, -0.2) is 4.98 Å². The fraction of sp³-hybridized carbons (Fsp3) is 0.158. The van der Waals surface area contributed by atoms with Gasteiger partial charge < -0.3 is 5.32 Å². The Kier molecular flexibility index (Phi) is 5.28. The summed E-state index contributed by atoms with van der Waals surface area (Å²) >= 11 is 7.39. The molecule has 122 valence electrons. The van der Waals surface area contributed by atoms with E-state index >= 15 is 0 Å². The maximum Gasteiger partial charge on any atom is 0.231 e. The van der Waals surface area contributed by atoms with Gasteiger partial charge >= 0.3 is 0 Å². The zero-order valence-electron chi connectivity index (χ0n) is 13.3. The lowest BCUT2D eigenvalue weighted by Crippen LogP contribution is -2.14. The van der Waals surface area contributed by atoms with Gasteiger partial charge in [0, 0.05) is 21.7 Å². The number of nitrogens with one attached hydrogen (secondary N) is 1. The van der Waals surface area contributed by atoms with Crippen molar-refractivity contribution >= 4 is 34.5 Å². The zero-order valence-corrected chi connectivity index (χ0v) is 14.8. The minimum Gasteiger partial charge on any atom is -0.326 e. The van der Waals surface area contributed by atoms with Crippen LogP contribution in [0.25, 0.3) is 11.3 Å². The average molecular weight is 357 g/mol. The van der Waals surface area contributed by atoms with E-state index < -0.39 is 0 Å². The molecule has 0 fully saturated rings. The van der Waals surface area contributed by atoms with Crippen molar-refractivity contribution in [1.82, 2.24) is 4.98 Å². The van der Waals surface area contributed by atoms with Crippen LogP contribution in [0.5, 0.6) is 0 Å². The molecule has 0 radical (unpaired) electrons. The lowest BCUT2D eigenvalue weighted by molar-refractivity contribution is -0.115. The van der Waals surface area contributed by atoms with Gasteiger partial charge in [0.1, 0.15) is 5.01 Å². The van der Waals surface area contributed by atoms with Gasteiger partial charge in [-0.3, -0.25) is 4.79 Å². The Balaban J connectivity index is 1.63. The molecule has 0 spiro atoms. The van der Waals surface area contributed by atoms with E-state index in [1.807, 2.05) is 53.9 Å². The lowest BCUT2D eigenvalue weighted by atomic mass is 10.1. The fourth-order valence-electron chi connectivity index (χ4n) is 2.31. The number of anilines is 1. The molecule has 1 N–H and O–H groups in total. The SMILES string of the molecule is CCc1ccc(NC(=O)Cc2nc(-c3ccc(Cl)cc3)cs2)cc1. The van der Waals surface area contributed by atoms with Crippen molar-refractivity contribution in [2.75, 3.05) is 5.32 Å². The Bertz CT molecular complexity index is 825. The van der Waals surface area contributed by atoms with Crippen LogP contribution in [0.4, 0.5) is 5.69 Å². The van der Waals surface area contributed by atoms with Crippen LogP contribution >= 0.6 is 22.9 Å². The molecule has 0 bridgehead atoms. The highest BCUT2D eigenvalue weighted by molar-refractivity contribution is 7.10. The second-order valence-corrected chi connectivity index (χ2v) is 6.79. The summed E-state index contributed by atoms with van der Waals surface area (Å²) in [6, 6.07) is 15.4. The molecule has 1 heterocycles. The highest BCUT2D eigenvalue weighted by atomic mass is 35.5. The summed E-state index contributed by atoms with van der Waals surface area (Å²) in [7, 11) is 0. The second-order valence-electron chi connectivity index (χ2n) is 5.41. The van der Waals surface area contributed by atoms with Crippen molar-refractivity contribution in [1.29, 1.82) is 0 Å². The average Bonchev–Trinajstić information content (AvgIpc) is 3.04. The zero-order chi connectivity index (χ0) is 16.9. The minimum atomic E-state index is -0.0590. The summed E-state index contributed by atoms with van der Waals surface area (Å²) in [5.74, 6) is -0.0590. The number of nitrogens with zero attached hydrogens (tertiary/aromatic N) is 1. The van der Waals surface area contributed by atoms with Crippen molar-refractivity contribution < 1.29 is 4.79 Å². The summed E-state index contributed by atoms with van der Waals surface area (Å²) in [6.07, 6.45) is 1.26. The smallest absolute Gasteiger partial charge is 0.231 e. The van der Waals surface area contributed by atoms with Gasteiger partial charge in [-0.05, 0) is 36.2 Å². The van der Waals surface area contributed by atoms with Crippen LogP contribution in [0, 0.1) is 0 Å². The highest BCUT2D eigenvalue weighted by Gasteiger charge is 2.09. The molecule has 3 rings (SSSR count). The van der Waals surface area contributed by atoms with Crippen LogP contribution in [-0.2, 0) is 17.6 Å². The minimum absolute atomic E-state index is 0.0590. The molecule has 0 aliphatic heterocycles. The van der Waals surface area contributed by atoms with Gasteiger partial charge in [0.25, 0.3) is 0 Å². The molecule has 0 saturated carbocycles. The van der Waals surface area contributed by atoms with E-state index in [1.54, 1.807) is 0 Å². The van der Waals surface area contributed by atoms with Crippen LogP contribution < -0.4 is 5.32 Å². The molecule has 2 aromatic carbocycles. The number of carbonyl (C=O) groups excluding carboxylic acids is 1. The Labute approximate surface area is 150 Å². The van der Waals surface area contributed by atoms with Crippen molar-refractivity contribution in [3.05, 3.63) is 69.5 Å². The quantitative estimate of drug-likeness (QED) is 0.682. The Morgan fingerprint density at radius 2 is 1.83 bits per heavy atom. The number of rotatable bonds is 5. The van der Waals surface area contributed by atoms with E-state index in [4.69, 9.17) is 11.6 Å². The number of hydrogen-bond donors (Lipinski definition) is 1. The predicted molar refractivity (Wildman–Crippen MR) is 101 cm³/mol. The highest BCUT2D eigenvalue weighted by Crippen LogP contribution is 2.24. The topological polar surface area (TPSA) is 42.0 Å². The second kappa shape index (κ2) is 7.60. The molecule has 0 aliphatic carbocycles. The third-order valence-electron chi connectivity index (χ3n) is 3.65. The van der Waals surface area contributed by atoms with Crippen LogP contribution in [0.1, 0.15) is 17.5 Å². The normalized spacial score (nSPS) is 10.6. The molecule has 1 amide bonds. The fourth-order valence-corrected chi connectivity index (χ4v) is 3.24. The first-order valence-electron chi connectivity index (χ1n) is 7.73. The molecule has 3 aromatic rings. The van der Waals surface area contributed by atoms with Gasteiger partial charge in [0.15, 0.2) is 0 Å². The number of halogens is 1. The number of amides is 1. The lowest BCUT2D eigenvalue weighted by Gasteiger charge is -2.04. The molecule has 0 saturated heterocycles. The van der Waals surface area contributed by atoms with E-state index in [-0.39, 0.29) is 12.3 Å². The molecule has 3 nitrogen and oxygen atoms in total. The van der Waals surface area contributed by atoms with Crippen molar-refractivity contribution in [2.45, 2.75) is 19.8 Å². The molecule has 5 heteroatoms. The van der Waals surface area contributed by atoms with Gasteiger partial charge in [-0.15, -0.1) is 11.3 Å². The summed E-state index contributed by atoms with van der Waals surface area (Å²) in [5.41, 5.74) is 3.93. The van der Waals surface area contributed by atoms with Gasteiger partial charge in [0.05, 0.1) is 12.1 Å². The van der Waals surface area contributed by atoms with E-state index in [0.29, 0.717) is 5.02 Å². The van der Waals surface area contributed by atoms with Crippen LogP contribution in [0.2, 0.25) is 5.02 Å². The molecular formula is C19H17ClN2OS. The summed E-state index contributed by atoms with van der Waals surface area (Å²) in [6.45, 7) is 2.11. The maximum absolute atomic E-state index is 12.2. The summed E-state index contributed by atoms with van der Waals surface area (Å²) in [5, 5.41) is 6.36. The maximum atomic E-state index is 12.2. The third kappa shape index (κ3) is 4.22. The summed E-state index contributed by atoms with van der Waals surface area (Å²) in [4.78, 5) is 16.7. The molecule has 0 aliphatic rings. The number of carbonyl (C=O) groups is 1. The first-order valence-corrected chi connectivity index (χ1v) is 8.99. The Morgan fingerprint density at radius 3 is 2.50 bits per heavy atom. The van der Waals surface area contributed by atoms with E-state index in [2.05, 4.69) is 17.2 Å². The molecule has 0 unspecified atom stereocenters. The summed E-state index contributed by atoms with van der Waals surface area (Å²) < 4.78 is 0. The number of hydrogen-bond acceptors (Lipinski definition) is 3. The Hall–Kier alpha value is -2.17. The van der Waals surface area contributed by atoms with Crippen LogP contribution in [0.3, 0.4) is 0 Å². The van der Waals surface area contributed by atoms with E-state index in [9.17, 15) is 4.79 Å². The first-order chi connectivity index (χ1) is 11.6. The van der Waals surface area contributed by atoms with Crippen LogP contribution in [-0.4, -0.2) is 10.9 Å². The number of aryl methyl sites for hydroxylation is 1. The number of aromatic nitrogens is 1. The van der Waals surface area contributed by atoms with Crippen molar-refractivity contribution in [2.24, 2.45) is 0 Å². The molecule has 24 heavy (non-hydrogen) atoms. The van der Waals surface area contributed by atoms with Gasteiger partial charge in [-0.1, -0.05) is 42.8 Å². The molecular weight excluding hydrogens is 340 g/mol. The van der Waals surface area contributed by atoms with Crippen molar-refractivity contribution in [3.8, 4) is 11.3 Å². The van der Waals surface area contributed by atoms with Crippen molar-refractivity contribution in [3.63, 3.8) is 0 Å². The van der Waals surface area contributed by atoms with Gasteiger partial charge in [0.2, 0.25) is 5.91 Å². The molecule has 0 atom stereocenters.